The van der Waals surface area contributed by atoms with E-state index in [0.29, 0.717) is 21.9 Å². The van der Waals surface area contributed by atoms with E-state index < -0.39 is 11.8 Å². The molecule has 2 rings (SSSR count). The largest absolute Gasteiger partial charge is 0.496 e. The van der Waals surface area contributed by atoms with Gasteiger partial charge in [0.2, 0.25) is 0 Å². The van der Waals surface area contributed by atoms with Gasteiger partial charge in [0.15, 0.2) is 0 Å². The van der Waals surface area contributed by atoms with Gasteiger partial charge in [-0.25, -0.2) is 9.18 Å². The molecular formula is C14H10ClFO3. The molecule has 0 radical (unpaired) electrons. The zero-order valence-corrected chi connectivity index (χ0v) is 10.7. The molecule has 2 aromatic rings. The predicted molar refractivity (Wildman–Crippen MR) is 70.4 cm³/mol. The highest BCUT2D eigenvalue weighted by atomic mass is 35.5. The second-order valence-electron chi connectivity index (χ2n) is 3.84. The average molecular weight is 281 g/mol. The zero-order chi connectivity index (χ0) is 14.0. The van der Waals surface area contributed by atoms with Crippen LogP contribution in [0, 0.1) is 5.82 Å². The Balaban J connectivity index is 2.71. The molecule has 98 valence electrons. The van der Waals surface area contributed by atoms with E-state index in [4.69, 9.17) is 16.3 Å². The summed E-state index contributed by atoms with van der Waals surface area (Å²) in [4.78, 5) is 11.2. The van der Waals surface area contributed by atoms with Crippen molar-refractivity contribution in [2.45, 2.75) is 0 Å². The lowest BCUT2D eigenvalue weighted by molar-refractivity contribution is 0.0697. The van der Waals surface area contributed by atoms with Crippen LogP contribution in [0.4, 0.5) is 4.39 Å². The number of aromatic carboxylic acids is 1. The quantitative estimate of drug-likeness (QED) is 0.929. The van der Waals surface area contributed by atoms with Gasteiger partial charge in [-0.05, 0) is 30.3 Å². The third-order valence-electron chi connectivity index (χ3n) is 2.66. The van der Waals surface area contributed by atoms with Crippen LogP contribution in [0.1, 0.15) is 10.4 Å². The van der Waals surface area contributed by atoms with Gasteiger partial charge in [-0.3, -0.25) is 0 Å². The first-order valence-corrected chi connectivity index (χ1v) is 5.77. The second kappa shape index (κ2) is 5.28. The lowest BCUT2D eigenvalue weighted by atomic mass is 9.98. The number of methoxy groups -OCH3 is 1. The number of hydrogen-bond acceptors (Lipinski definition) is 2. The van der Waals surface area contributed by atoms with Crippen LogP contribution < -0.4 is 4.74 Å². The Bertz CT molecular complexity index is 641. The Kier molecular flexibility index (Phi) is 3.71. The molecule has 2 aromatic carbocycles. The van der Waals surface area contributed by atoms with Crippen molar-refractivity contribution in [3.63, 3.8) is 0 Å². The first-order valence-electron chi connectivity index (χ1n) is 5.39. The molecule has 0 spiro atoms. The number of rotatable bonds is 3. The number of hydrogen-bond donors (Lipinski definition) is 1. The molecule has 0 unspecified atom stereocenters. The minimum Gasteiger partial charge on any atom is -0.496 e. The molecule has 0 aliphatic rings. The summed E-state index contributed by atoms with van der Waals surface area (Å²) in [5.41, 5.74) is 0.723. The standard InChI is InChI=1S/C14H10ClFO3/c1-19-13-5-3-9(16)7-11(13)10-4-2-8(15)6-12(10)14(17)18/h2-7H,1H3,(H,17,18). The summed E-state index contributed by atoms with van der Waals surface area (Å²) in [5.74, 6) is -1.21. The average Bonchev–Trinajstić information content (AvgIpc) is 2.38. The molecule has 0 fully saturated rings. The lowest BCUT2D eigenvalue weighted by Gasteiger charge is -2.11. The van der Waals surface area contributed by atoms with E-state index in [9.17, 15) is 14.3 Å². The topological polar surface area (TPSA) is 46.5 Å². The minimum absolute atomic E-state index is 0.00333. The molecule has 0 saturated heterocycles. The first-order chi connectivity index (χ1) is 9.02. The highest BCUT2D eigenvalue weighted by Crippen LogP contribution is 2.34. The lowest BCUT2D eigenvalue weighted by Crippen LogP contribution is -2.00. The molecule has 19 heavy (non-hydrogen) atoms. The van der Waals surface area contributed by atoms with E-state index in [0.717, 1.165) is 0 Å². The van der Waals surface area contributed by atoms with Gasteiger partial charge in [-0.15, -0.1) is 0 Å². The van der Waals surface area contributed by atoms with Crippen molar-refractivity contribution in [3.05, 3.63) is 52.8 Å². The molecule has 0 heterocycles. The van der Waals surface area contributed by atoms with Crippen molar-refractivity contribution >= 4 is 17.6 Å². The number of halogens is 2. The highest BCUT2D eigenvalue weighted by molar-refractivity contribution is 6.31. The molecule has 0 aliphatic carbocycles. The summed E-state index contributed by atoms with van der Waals surface area (Å²) >= 11 is 5.78. The fourth-order valence-electron chi connectivity index (χ4n) is 1.82. The van der Waals surface area contributed by atoms with Crippen molar-refractivity contribution in [2.24, 2.45) is 0 Å². The van der Waals surface area contributed by atoms with Crippen LogP contribution in [-0.4, -0.2) is 18.2 Å². The zero-order valence-electron chi connectivity index (χ0n) is 9.98. The van der Waals surface area contributed by atoms with Crippen LogP contribution in [0.2, 0.25) is 5.02 Å². The number of benzene rings is 2. The third-order valence-corrected chi connectivity index (χ3v) is 2.90. The molecule has 3 nitrogen and oxygen atoms in total. The van der Waals surface area contributed by atoms with Gasteiger partial charge in [0.05, 0.1) is 12.7 Å². The van der Waals surface area contributed by atoms with Gasteiger partial charge in [0.25, 0.3) is 0 Å². The molecule has 0 amide bonds. The number of ether oxygens (including phenoxy) is 1. The molecule has 0 atom stereocenters. The molecule has 0 aromatic heterocycles. The molecule has 0 bridgehead atoms. The maximum atomic E-state index is 13.4. The summed E-state index contributed by atoms with van der Waals surface area (Å²) < 4.78 is 18.5. The van der Waals surface area contributed by atoms with Gasteiger partial charge in [-0.2, -0.15) is 0 Å². The fraction of sp³-hybridized carbons (Fsp3) is 0.0714. The first kappa shape index (κ1) is 13.4. The van der Waals surface area contributed by atoms with Crippen molar-refractivity contribution in [3.8, 4) is 16.9 Å². The van der Waals surface area contributed by atoms with E-state index in [2.05, 4.69) is 0 Å². The number of carboxylic acid groups (broad SMARTS) is 1. The second-order valence-corrected chi connectivity index (χ2v) is 4.28. The minimum atomic E-state index is -1.14. The van der Waals surface area contributed by atoms with Crippen LogP contribution in [-0.2, 0) is 0 Å². The summed E-state index contributed by atoms with van der Waals surface area (Å²) in [6.45, 7) is 0. The summed E-state index contributed by atoms with van der Waals surface area (Å²) in [6.07, 6.45) is 0. The van der Waals surface area contributed by atoms with Crippen LogP contribution >= 0.6 is 11.6 Å². The van der Waals surface area contributed by atoms with Gasteiger partial charge >= 0.3 is 5.97 Å². The monoisotopic (exact) mass is 280 g/mol. The number of carboxylic acids is 1. The summed E-state index contributed by atoms with van der Waals surface area (Å²) in [7, 11) is 1.44. The molecular weight excluding hydrogens is 271 g/mol. The Labute approximate surface area is 114 Å². The Morgan fingerprint density at radius 3 is 2.58 bits per heavy atom. The Morgan fingerprint density at radius 1 is 1.21 bits per heavy atom. The Hall–Kier alpha value is -2.07. The molecule has 5 heteroatoms. The van der Waals surface area contributed by atoms with Gasteiger partial charge in [-0.1, -0.05) is 17.7 Å². The van der Waals surface area contributed by atoms with Crippen LogP contribution in [0.3, 0.4) is 0 Å². The third kappa shape index (κ3) is 2.69. The van der Waals surface area contributed by atoms with Crippen LogP contribution in [0.5, 0.6) is 5.75 Å². The smallest absolute Gasteiger partial charge is 0.336 e. The van der Waals surface area contributed by atoms with Gasteiger partial charge in [0, 0.05) is 16.1 Å². The van der Waals surface area contributed by atoms with E-state index in [-0.39, 0.29) is 5.56 Å². The molecule has 1 N–H and O–H groups in total. The van der Waals surface area contributed by atoms with E-state index in [1.807, 2.05) is 0 Å². The maximum absolute atomic E-state index is 13.4. The normalized spacial score (nSPS) is 10.3. The van der Waals surface area contributed by atoms with Crippen LogP contribution in [0.25, 0.3) is 11.1 Å². The van der Waals surface area contributed by atoms with Crippen molar-refractivity contribution in [1.29, 1.82) is 0 Å². The van der Waals surface area contributed by atoms with Crippen molar-refractivity contribution < 1.29 is 19.0 Å². The van der Waals surface area contributed by atoms with Crippen molar-refractivity contribution in [2.75, 3.05) is 7.11 Å². The number of carbonyl (C=O) groups is 1. The highest BCUT2D eigenvalue weighted by Gasteiger charge is 2.16. The van der Waals surface area contributed by atoms with Crippen molar-refractivity contribution in [1.82, 2.24) is 0 Å². The Morgan fingerprint density at radius 2 is 1.95 bits per heavy atom. The maximum Gasteiger partial charge on any atom is 0.336 e. The van der Waals surface area contributed by atoms with E-state index in [1.165, 1.54) is 37.4 Å². The van der Waals surface area contributed by atoms with Gasteiger partial charge < -0.3 is 9.84 Å². The predicted octanol–water partition coefficient (Wildman–Crippen LogP) is 3.85. The molecule has 0 aliphatic heterocycles. The fourth-order valence-corrected chi connectivity index (χ4v) is 1.99. The summed E-state index contributed by atoms with van der Waals surface area (Å²) in [5, 5.41) is 9.49. The van der Waals surface area contributed by atoms with E-state index in [1.54, 1.807) is 6.07 Å². The SMILES string of the molecule is COc1ccc(F)cc1-c1ccc(Cl)cc1C(=O)O. The van der Waals surface area contributed by atoms with E-state index >= 15 is 0 Å². The molecule has 0 saturated carbocycles. The van der Waals surface area contributed by atoms with Gasteiger partial charge in [0.1, 0.15) is 11.6 Å². The van der Waals surface area contributed by atoms with Crippen LogP contribution in [0.15, 0.2) is 36.4 Å². The summed E-state index contributed by atoms with van der Waals surface area (Å²) in [6, 6.07) is 8.33.